The number of nitrogens with two attached hydrogens (primary N) is 1. The van der Waals surface area contributed by atoms with Crippen LogP contribution in [0.15, 0.2) is 0 Å². The molecule has 5 nitrogen and oxygen atoms in total. The molecule has 0 radical (unpaired) electrons. The average molecular weight is 283 g/mol. The SMILES string of the molecule is CCOC(=O)C(N)CCSCCCS(C)(=O)=O. The molecule has 1 atom stereocenters. The van der Waals surface area contributed by atoms with Crippen molar-refractivity contribution in [1.82, 2.24) is 0 Å². The second-order valence-corrected chi connectivity index (χ2v) is 7.23. The van der Waals surface area contributed by atoms with Crippen LogP contribution < -0.4 is 5.73 Å². The maximum Gasteiger partial charge on any atom is 0.322 e. The summed E-state index contributed by atoms with van der Waals surface area (Å²) in [6, 6.07) is -0.572. The number of hydrogen-bond acceptors (Lipinski definition) is 6. The third-order valence-corrected chi connectivity index (χ3v) is 4.10. The van der Waals surface area contributed by atoms with Crippen molar-refractivity contribution in [2.24, 2.45) is 5.73 Å². The lowest BCUT2D eigenvalue weighted by molar-refractivity contribution is -0.144. The van der Waals surface area contributed by atoms with Crippen molar-refractivity contribution in [3.63, 3.8) is 0 Å². The Hall–Kier alpha value is -0.270. The molecule has 0 saturated carbocycles. The van der Waals surface area contributed by atoms with E-state index in [-0.39, 0.29) is 11.7 Å². The number of ether oxygens (including phenoxy) is 1. The minimum atomic E-state index is -2.86. The topological polar surface area (TPSA) is 86.5 Å². The van der Waals surface area contributed by atoms with Crippen molar-refractivity contribution in [2.45, 2.75) is 25.8 Å². The largest absolute Gasteiger partial charge is 0.465 e. The summed E-state index contributed by atoms with van der Waals surface area (Å²) in [7, 11) is -2.86. The number of rotatable bonds is 9. The molecule has 0 aromatic heterocycles. The number of sulfone groups is 1. The second kappa shape index (κ2) is 8.77. The van der Waals surface area contributed by atoms with Gasteiger partial charge in [-0.2, -0.15) is 11.8 Å². The van der Waals surface area contributed by atoms with Gasteiger partial charge in [0.2, 0.25) is 0 Å². The van der Waals surface area contributed by atoms with Gasteiger partial charge in [0.1, 0.15) is 15.9 Å². The number of carbonyl (C=O) groups is 1. The van der Waals surface area contributed by atoms with Gasteiger partial charge in [-0.05, 0) is 31.3 Å². The van der Waals surface area contributed by atoms with Crippen molar-refractivity contribution >= 4 is 27.6 Å². The molecule has 0 saturated heterocycles. The van der Waals surface area contributed by atoms with E-state index in [0.717, 1.165) is 11.5 Å². The first-order valence-corrected chi connectivity index (χ1v) is 8.76. The zero-order valence-electron chi connectivity index (χ0n) is 10.3. The Balaban J connectivity index is 3.48. The standard InChI is InChI=1S/C10H21NO4S2/c1-3-15-10(12)9(11)5-7-16-6-4-8-17(2,13)14/h9H,3-8,11H2,1-2H3. The van der Waals surface area contributed by atoms with Gasteiger partial charge in [-0.25, -0.2) is 8.42 Å². The fourth-order valence-corrected chi connectivity index (χ4v) is 2.93. The van der Waals surface area contributed by atoms with Crippen molar-refractivity contribution in [1.29, 1.82) is 0 Å². The summed E-state index contributed by atoms with van der Waals surface area (Å²) in [6.07, 6.45) is 2.43. The van der Waals surface area contributed by atoms with Crippen LogP contribution in [0.1, 0.15) is 19.8 Å². The summed E-state index contributed by atoms with van der Waals surface area (Å²) in [5, 5.41) is 0. The number of carbonyl (C=O) groups excluding carboxylic acids is 1. The zero-order chi connectivity index (χ0) is 13.3. The summed E-state index contributed by atoms with van der Waals surface area (Å²) in [5.41, 5.74) is 5.60. The molecule has 0 spiro atoms. The van der Waals surface area contributed by atoms with Crippen LogP contribution in [0.3, 0.4) is 0 Å². The molecule has 0 fully saturated rings. The maximum atomic E-state index is 11.2. The van der Waals surface area contributed by atoms with Crippen molar-refractivity contribution in [3.8, 4) is 0 Å². The monoisotopic (exact) mass is 283 g/mol. The van der Waals surface area contributed by atoms with Gasteiger partial charge in [-0.1, -0.05) is 0 Å². The van der Waals surface area contributed by atoms with Crippen LogP contribution in [-0.2, 0) is 19.4 Å². The molecule has 0 heterocycles. The van der Waals surface area contributed by atoms with Crippen LogP contribution in [-0.4, -0.2) is 50.6 Å². The van der Waals surface area contributed by atoms with Crippen LogP contribution in [0.5, 0.6) is 0 Å². The molecule has 0 rings (SSSR count). The molecule has 0 aliphatic carbocycles. The second-order valence-electron chi connectivity index (χ2n) is 3.74. The first kappa shape index (κ1) is 16.7. The van der Waals surface area contributed by atoms with E-state index >= 15 is 0 Å². The number of thioether (sulfide) groups is 1. The van der Waals surface area contributed by atoms with Crippen LogP contribution in [0.2, 0.25) is 0 Å². The smallest absolute Gasteiger partial charge is 0.322 e. The molecular formula is C10H21NO4S2. The van der Waals surface area contributed by atoms with Crippen LogP contribution in [0.4, 0.5) is 0 Å². The normalized spacial score (nSPS) is 13.4. The molecule has 17 heavy (non-hydrogen) atoms. The molecule has 0 aliphatic rings. The van der Waals surface area contributed by atoms with E-state index in [1.165, 1.54) is 6.26 Å². The first-order valence-electron chi connectivity index (χ1n) is 5.54. The predicted octanol–water partition coefficient (Wildman–Crippen LogP) is 0.435. The van der Waals surface area contributed by atoms with Crippen molar-refractivity contribution in [2.75, 3.05) is 30.1 Å². The van der Waals surface area contributed by atoms with Gasteiger partial charge >= 0.3 is 5.97 Å². The lowest BCUT2D eigenvalue weighted by atomic mass is 10.2. The molecule has 102 valence electrons. The fraction of sp³-hybridized carbons (Fsp3) is 0.900. The highest BCUT2D eigenvalue weighted by molar-refractivity contribution is 7.99. The summed E-state index contributed by atoms with van der Waals surface area (Å²) in [4.78, 5) is 11.2. The fourth-order valence-electron chi connectivity index (χ4n) is 1.10. The average Bonchev–Trinajstić information content (AvgIpc) is 2.21. The van der Waals surface area contributed by atoms with E-state index < -0.39 is 15.9 Å². The molecule has 1 unspecified atom stereocenters. The molecule has 0 aliphatic heterocycles. The Kier molecular flexibility index (Phi) is 8.63. The third kappa shape index (κ3) is 10.6. The Labute approximate surface area is 107 Å². The highest BCUT2D eigenvalue weighted by Gasteiger charge is 2.13. The van der Waals surface area contributed by atoms with Crippen LogP contribution in [0.25, 0.3) is 0 Å². The Morgan fingerprint density at radius 2 is 2.06 bits per heavy atom. The lowest BCUT2D eigenvalue weighted by Gasteiger charge is -2.09. The summed E-state index contributed by atoms with van der Waals surface area (Å²) < 4.78 is 26.5. The van der Waals surface area contributed by atoms with E-state index in [1.807, 2.05) is 0 Å². The molecule has 0 bridgehead atoms. The van der Waals surface area contributed by atoms with Gasteiger partial charge in [0.15, 0.2) is 0 Å². The lowest BCUT2D eigenvalue weighted by Crippen LogP contribution is -2.32. The van der Waals surface area contributed by atoms with Gasteiger partial charge in [0.05, 0.1) is 12.4 Å². The Bertz CT molecular complexity index is 316. The number of esters is 1. The van der Waals surface area contributed by atoms with Gasteiger partial charge in [0, 0.05) is 6.26 Å². The molecular weight excluding hydrogens is 262 g/mol. The first-order chi connectivity index (χ1) is 7.87. The molecule has 0 aromatic rings. The Morgan fingerprint density at radius 3 is 2.59 bits per heavy atom. The number of hydrogen-bond donors (Lipinski definition) is 1. The maximum absolute atomic E-state index is 11.2. The molecule has 0 aromatic carbocycles. The van der Waals surface area contributed by atoms with Crippen LogP contribution >= 0.6 is 11.8 Å². The highest BCUT2D eigenvalue weighted by atomic mass is 32.2. The summed E-state index contributed by atoms with van der Waals surface area (Å²) >= 11 is 1.61. The van der Waals surface area contributed by atoms with E-state index in [0.29, 0.717) is 19.4 Å². The Morgan fingerprint density at radius 1 is 1.41 bits per heavy atom. The van der Waals surface area contributed by atoms with Gasteiger partial charge in [-0.15, -0.1) is 0 Å². The van der Waals surface area contributed by atoms with Crippen LogP contribution in [0, 0.1) is 0 Å². The quantitative estimate of drug-likeness (QED) is 0.488. The van der Waals surface area contributed by atoms with E-state index in [2.05, 4.69) is 0 Å². The minimum Gasteiger partial charge on any atom is -0.465 e. The summed E-state index contributed by atoms with van der Waals surface area (Å²) in [5.74, 6) is 1.35. The van der Waals surface area contributed by atoms with E-state index in [4.69, 9.17) is 10.5 Å². The van der Waals surface area contributed by atoms with E-state index in [9.17, 15) is 13.2 Å². The molecule has 7 heteroatoms. The van der Waals surface area contributed by atoms with Gasteiger partial charge < -0.3 is 10.5 Å². The predicted molar refractivity (Wildman–Crippen MR) is 70.9 cm³/mol. The summed E-state index contributed by atoms with van der Waals surface area (Å²) in [6.45, 7) is 2.08. The zero-order valence-corrected chi connectivity index (χ0v) is 12.0. The van der Waals surface area contributed by atoms with Crippen molar-refractivity contribution in [3.05, 3.63) is 0 Å². The van der Waals surface area contributed by atoms with Crippen molar-refractivity contribution < 1.29 is 17.9 Å². The molecule has 0 amide bonds. The van der Waals surface area contributed by atoms with Gasteiger partial charge in [-0.3, -0.25) is 4.79 Å². The highest BCUT2D eigenvalue weighted by Crippen LogP contribution is 2.07. The minimum absolute atomic E-state index is 0.212. The van der Waals surface area contributed by atoms with E-state index in [1.54, 1.807) is 18.7 Å². The van der Waals surface area contributed by atoms with Gasteiger partial charge in [0.25, 0.3) is 0 Å². The third-order valence-electron chi connectivity index (χ3n) is 1.97. The molecule has 2 N–H and O–H groups in total.